The molecule has 0 saturated carbocycles. The summed E-state index contributed by atoms with van der Waals surface area (Å²) >= 11 is 6.03. The van der Waals surface area contributed by atoms with Crippen LogP contribution in [0.1, 0.15) is 24.9 Å². The van der Waals surface area contributed by atoms with Crippen LogP contribution >= 0.6 is 11.6 Å². The van der Waals surface area contributed by atoms with Crippen LogP contribution in [0.2, 0.25) is 5.02 Å². The molecule has 1 aromatic rings. The predicted octanol–water partition coefficient (Wildman–Crippen LogP) is 2.28. The van der Waals surface area contributed by atoms with E-state index >= 15 is 0 Å². The molecule has 1 fully saturated rings. The van der Waals surface area contributed by atoms with Crippen molar-refractivity contribution in [3.63, 3.8) is 0 Å². The van der Waals surface area contributed by atoms with Gasteiger partial charge in [0.25, 0.3) is 0 Å². The Morgan fingerprint density at radius 2 is 2.33 bits per heavy atom. The molecular formula is C13H19ClN2O2. The number of benzene rings is 1. The molecule has 1 saturated heterocycles. The summed E-state index contributed by atoms with van der Waals surface area (Å²) in [4.78, 5) is 0. The van der Waals surface area contributed by atoms with Gasteiger partial charge < -0.3 is 9.47 Å². The third-order valence-corrected chi connectivity index (χ3v) is 3.73. The van der Waals surface area contributed by atoms with Crippen LogP contribution in [0.3, 0.4) is 0 Å². The van der Waals surface area contributed by atoms with Crippen molar-refractivity contribution >= 4 is 11.6 Å². The van der Waals surface area contributed by atoms with E-state index in [4.69, 9.17) is 26.9 Å². The molecule has 1 heterocycles. The molecule has 0 aliphatic carbocycles. The topological polar surface area (TPSA) is 56.5 Å². The molecular weight excluding hydrogens is 252 g/mol. The Morgan fingerprint density at radius 1 is 1.56 bits per heavy atom. The van der Waals surface area contributed by atoms with Gasteiger partial charge in [-0.1, -0.05) is 17.7 Å². The molecule has 5 heteroatoms. The van der Waals surface area contributed by atoms with Gasteiger partial charge in [-0.05, 0) is 31.0 Å². The first-order valence-electron chi connectivity index (χ1n) is 6.07. The zero-order valence-corrected chi connectivity index (χ0v) is 11.4. The highest BCUT2D eigenvalue weighted by Crippen LogP contribution is 2.34. The fourth-order valence-corrected chi connectivity index (χ4v) is 2.65. The Bertz CT molecular complexity index is 414. The van der Waals surface area contributed by atoms with Crippen LogP contribution in [0.15, 0.2) is 18.2 Å². The smallest absolute Gasteiger partial charge is 0.137 e. The van der Waals surface area contributed by atoms with Crippen molar-refractivity contribution in [2.45, 2.75) is 25.5 Å². The lowest BCUT2D eigenvalue weighted by Crippen LogP contribution is -2.34. The first-order valence-corrected chi connectivity index (χ1v) is 6.44. The van der Waals surface area contributed by atoms with Crippen LogP contribution in [0.25, 0.3) is 0 Å². The second-order valence-corrected chi connectivity index (χ2v) is 5.09. The summed E-state index contributed by atoms with van der Waals surface area (Å²) in [5.74, 6) is 6.72. The van der Waals surface area contributed by atoms with E-state index in [9.17, 15) is 0 Å². The number of hydrogen-bond acceptors (Lipinski definition) is 4. The quantitative estimate of drug-likeness (QED) is 0.651. The largest absolute Gasteiger partial charge is 0.495 e. The van der Waals surface area contributed by atoms with Gasteiger partial charge in [0, 0.05) is 5.92 Å². The minimum absolute atomic E-state index is 0.0566. The lowest BCUT2D eigenvalue weighted by molar-refractivity contribution is 0.117. The van der Waals surface area contributed by atoms with Gasteiger partial charge in [0.05, 0.1) is 30.9 Å². The van der Waals surface area contributed by atoms with E-state index in [1.807, 2.05) is 18.2 Å². The number of halogens is 1. The number of ether oxygens (including phenoxy) is 2. The maximum atomic E-state index is 6.03. The molecule has 3 atom stereocenters. The van der Waals surface area contributed by atoms with Crippen molar-refractivity contribution in [3.8, 4) is 5.75 Å². The van der Waals surface area contributed by atoms with Crippen LogP contribution in [-0.2, 0) is 4.74 Å². The zero-order valence-electron chi connectivity index (χ0n) is 10.7. The van der Waals surface area contributed by atoms with E-state index in [1.54, 1.807) is 7.11 Å². The summed E-state index contributed by atoms with van der Waals surface area (Å²) in [5, 5.41) is 0.605. The van der Waals surface area contributed by atoms with Gasteiger partial charge >= 0.3 is 0 Å². The van der Waals surface area contributed by atoms with Crippen LogP contribution in [-0.4, -0.2) is 19.8 Å². The highest BCUT2D eigenvalue weighted by molar-refractivity contribution is 6.32. The lowest BCUT2D eigenvalue weighted by atomic mass is 9.91. The standard InChI is InChI=1S/C13H19ClN2O2/c1-8-5-10(7-18-8)13(16-15)9-3-4-11(14)12(6-9)17-2/h3-4,6,8,10,13,16H,5,7,15H2,1-2H3. The van der Waals surface area contributed by atoms with Gasteiger partial charge in [0.1, 0.15) is 5.75 Å². The van der Waals surface area contributed by atoms with Crippen molar-refractivity contribution in [1.29, 1.82) is 0 Å². The van der Waals surface area contributed by atoms with E-state index in [-0.39, 0.29) is 6.04 Å². The van der Waals surface area contributed by atoms with E-state index in [0.29, 0.717) is 22.8 Å². The maximum absolute atomic E-state index is 6.03. The third kappa shape index (κ3) is 2.78. The van der Waals surface area contributed by atoms with Gasteiger partial charge in [0.2, 0.25) is 0 Å². The third-order valence-electron chi connectivity index (χ3n) is 3.41. The number of hydrazine groups is 1. The van der Waals surface area contributed by atoms with Crippen molar-refractivity contribution in [3.05, 3.63) is 28.8 Å². The molecule has 4 nitrogen and oxygen atoms in total. The van der Waals surface area contributed by atoms with Gasteiger partial charge in [-0.2, -0.15) is 0 Å². The fourth-order valence-electron chi connectivity index (χ4n) is 2.46. The van der Waals surface area contributed by atoms with Gasteiger partial charge in [-0.25, -0.2) is 0 Å². The fraction of sp³-hybridized carbons (Fsp3) is 0.538. The average Bonchev–Trinajstić information content (AvgIpc) is 2.79. The lowest BCUT2D eigenvalue weighted by Gasteiger charge is -2.22. The van der Waals surface area contributed by atoms with Crippen LogP contribution in [0.4, 0.5) is 0 Å². The molecule has 18 heavy (non-hydrogen) atoms. The van der Waals surface area contributed by atoms with Crippen molar-refractivity contribution in [1.82, 2.24) is 5.43 Å². The highest BCUT2D eigenvalue weighted by atomic mass is 35.5. The Balaban J connectivity index is 2.22. The van der Waals surface area contributed by atoms with Gasteiger partial charge in [-0.15, -0.1) is 0 Å². The number of nitrogens with two attached hydrogens (primary N) is 1. The van der Waals surface area contributed by atoms with Crippen molar-refractivity contribution < 1.29 is 9.47 Å². The summed E-state index contributed by atoms with van der Waals surface area (Å²) in [6.07, 6.45) is 1.29. The van der Waals surface area contributed by atoms with Gasteiger partial charge in [-0.3, -0.25) is 11.3 Å². The first-order chi connectivity index (χ1) is 8.65. The molecule has 1 aromatic carbocycles. The average molecular weight is 271 g/mol. The van der Waals surface area contributed by atoms with E-state index in [2.05, 4.69) is 12.3 Å². The normalized spacial score (nSPS) is 25.1. The van der Waals surface area contributed by atoms with E-state index < -0.39 is 0 Å². The van der Waals surface area contributed by atoms with Crippen LogP contribution < -0.4 is 16.0 Å². The van der Waals surface area contributed by atoms with Crippen LogP contribution in [0.5, 0.6) is 5.75 Å². The summed E-state index contributed by atoms with van der Waals surface area (Å²) in [7, 11) is 1.61. The van der Waals surface area contributed by atoms with E-state index in [1.165, 1.54) is 0 Å². The highest BCUT2D eigenvalue weighted by Gasteiger charge is 2.30. The Hall–Kier alpha value is -0.810. The van der Waals surface area contributed by atoms with Gasteiger partial charge in [0.15, 0.2) is 0 Å². The molecule has 1 aliphatic heterocycles. The molecule has 3 unspecified atom stereocenters. The first kappa shape index (κ1) is 13.6. The molecule has 0 spiro atoms. The molecule has 1 aliphatic rings. The zero-order chi connectivity index (χ0) is 13.1. The Labute approximate surface area is 112 Å². The summed E-state index contributed by atoms with van der Waals surface area (Å²) < 4.78 is 10.8. The Kier molecular flexibility index (Phi) is 4.45. The maximum Gasteiger partial charge on any atom is 0.137 e. The minimum Gasteiger partial charge on any atom is -0.495 e. The second-order valence-electron chi connectivity index (χ2n) is 4.68. The van der Waals surface area contributed by atoms with Crippen molar-refractivity contribution in [2.24, 2.45) is 11.8 Å². The SMILES string of the molecule is COc1cc(C(NN)C2COC(C)C2)ccc1Cl. The predicted molar refractivity (Wildman–Crippen MR) is 71.6 cm³/mol. The molecule has 3 N–H and O–H groups in total. The van der Waals surface area contributed by atoms with E-state index in [0.717, 1.165) is 18.6 Å². The molecule has 100 valence electrons. The number of nitrogens with one attached hydrogen (secondary N) is 1. The Morgan fingerprint density at radius 3 is 2.89 bits per heavy atom. The summed E-state index contributed by atoms with van der Waals surface area (Å²) in [6.45, 7) is 2.80. The number of methoxy groups -OCH3 is 1. The monoisotopic (exact) mass is 270 g/mol. The summed E-state index contributed by atoms with van der Waals surface area (Å²) in [5.41, 5.74) is 3.94. The van der Waals surface area contributed by atoms with Crippen molar-refractivity contribution in [2.75, 3.05) is 13.7 Å². The molecule has 0 aromatic heterocycles. The molecule has 2 rings (SSSR count). The number of rotatable bonds is 4. The second kappa shape index (κ2) is 5.89. The summed E-state index contributed by atoms with van der Waals surface area (Å²) in [6, 6.07) is 5.79. The molecule has 0 amide bonds. The molecule has 0 radical (unpaired) electrons. The molecule has 0 bridgehead atoms. The minimum atomic E-state index is 0.0566. The van der Waals surface area contributed by atoms with Crippen LogP contribution in [0, 0.1) is 5.92 Å². The number of hydrogen-bond donors (Lipinski definition) is 2.